The average molecular weight is 485 g/mol. The van der Waals surface area contributed by atoms with Crippen LogP contribution in [0, 0.1) is 24.6 Å². The molecule has 1 saturated heterocycles. The average Bonchev–Trinajstić information content (AvgIpc) is 2.83. The van der Waals surface area contributed by atoms with Crippen molar-refractivity contribution in [2.75, 3.05) is 25.0 Å². The predicted octanol–water partition coefficient (Wildman–Crippen LogP) is 4.11. The van der Waals surface area contributed by atoms with E-state index in [0.29, 0.717) is 49.1 Å². The van der Waals surface area contributed by atoms with Crippen molar-refractivity contribution in [3.05, 3.63) is 65.5 Å². The van der Waals surface area contributed by atoms with Gasteiger partial charge in [0.2, 0.25) is 5.91 Å². The quantitative estimate of drug-likeness (QED) is 0.516. The summed E-state index contributed by atoms with van der Waals surface area (Å²) in [6.07, 6.45) is 1.42. The molecule has 0 saturated carbocycles. The first-order chi connectivity index (χ1) is 16.2. The van der Waals surface area contributed by atoms with Crippen LogP contribution >= 0.6 is 12.2 Å². The SMILES string of the molecule is Cc1ccc(C(=O)N[C@@H](C(=O)NCC(C)C)C2CCN(C(=S)Nc3ccc(F)cc3)CC2)cc1. The Morgan fingerprint density at radius 2 is 1.68 bits per heavy atom. The standard InChI is InChI=1S/C26H33FN4O2S/c1-17(2)16-28-25(33)23(30-24(32)20-6-4-18(3)5-7-20)19-12-14-31(15-13-19)26(34)29-22-10-8-21(27)9-11-22/h4-11,17,19,23H,12-16H2,1-3H3,(H,28,33)(H,29,34)(H,30,32)/t23-/m1/s1. The molecule has 2 aromatic rings. The third kappa shape index (κ3) is 7.25. The highest BCUT2D eigenvalue weighted by atomic mass is 32.1. The first-order valence-electron chi connectivity index (χ1n) is 11.7. The molecule has 0 unspecified atom stereocenters. The van der Waals surface area contributed by atoms with E-state index in [-0.39, 0.29) is 23.5 Å². The fourth-order valence-corrected chi connectivity index (χ4v) is 4.21. The van der Waals surface area contributed by atoms with Crippen LogP contribution in [-0.4, -0.2) is 47.5 Å². The normalized spacial score (nSPS) is 15.0. The van der Waals surface area contributed by atoms with Gasteiger partial charge in [-0.2, -0.15) is 0 Å². The van der Waals surface area contributed by atoms with Crippen LogP contribution in [0.4, 0.5) is 10.1 Å². The lowest BCUT2D eigenvalue weighted by molar-refractivity contribution is -0.124. The number of aryl methyl sites for hydroxylation is 1. The summed E-state index contributed by atoms with van der Waals surface area (Å²) >= 11 is 5.53. The number of carbonyl (C=O) groups excluding carboxylic acids is 2. The second-order valence-electron chi connectivity index (χ2n) is 9.22. The van der Waals surface area contributed by atoms with E-state index >= 15 is 0 Å². The molecule has 1 aliphatic heterocycles. The third-order valence-electron chi connectivity index (χ3n) is 5.96. The minimum Gasteiger partial charge on any atom is -0.354 e. The van der Waals surface area contributed by atoms with E-state index < -0.39 is 6.04 Å². The zero-order valence-electron chi connectivity index (χ0n) is 19.9. The number of rotatable bonds is 7. The number of anilines is 1. The van der Waals surface area contributed by atoms with Gasteiger partial charge < -0.3 is 20.9 Å². The molecule has 0 aliphatic carbocycles. The fourth-order valence-electron chi connectivity index (χ4n) is 3.91. The summed E-state index contributed by atoms with van der Waals surface area (Å²) in [7, 11) is 0. The van der Waals surface area contributed by atoms with Crippen LogP contribution in [0.5, 0.6) is 0 Å². The van der Waals surface area contributed by atoms with Crippen molar-refractivity contribution >= 4 is 34.8 Å². The molecular formula is C26H33FN4O2S. The molecule has 1 aliphatic rings. The van der Waals surface area contributed by atoms with Crippen LogP contribution in [0.15, 0.2) is 48.5 Å². The molecule has 3 N–H and O–H groups in total. The highest BCUT2D eigenvalue weighted by molar-refractivity contribution is 7.80. The van der Waals surface area contributed by atoms with Gasteiger partial charge in [0, 0.05) is 30.9 Å². The van der Waals surface area contributed by atoms with Crippen molar-refractivity contribution < 1.29 is 14.0 Å². The Morgan fingerprint density at radius 3 is 2.26 bits per heavy atom. The highest BCUT2D eigenvalue weighted by Gasteiger charge is 2.33. The number of hydrogen-bond donors (Lipinski definition) is 3. The van der Waals surface area contributed by atoms with Crippen molar-refractivity contribution in [1.82, 2.24) is 15.5 Å². The number of hydrogen-bond acceptors (Lipinski definition) is 3. The molecule has 182 valence electrons. The number of benzene rings is 2. The number of amides is 2. The van der Waals surface area contributed by atoms with E-state index in [4.69, 9.17) is 12.2 Å². The van der Waals surface area contributed by atoms with Gasteiger partial charge in [-0.25, -0.2) is 4.39 Å². The summed E-state index contributed by atoms with van der Waals surface area (Å²) in [5, 5.41) is 9.67. The maximum atomic E-state index is 13.1. The van der Waals surface area contributed by atoms with E-state index in [1.807, 2.05) is 37.8 Å². The van der Waals surface area contributed by atoms with Gasteiger partial charge >= 0.3 is 0 Å². The van der Waals surface area contributed by atoms with Crippen molar-refractivity contribution in [2.45, 2.75) is 39.7 Å². The van der Waals surface area contributed by atoms with E-state index in [2.05, 4.69) is 16.0 Å². The molecule has 1 atom stereocenters. The van der Waals surface area contributed by atoms with Gasteiger partial charge in [0.25, 0.3) is 5.91 Å². The lowest BCUT2D eigenvalue weighted by atomic mass is 9.88. The summed E-state index contributed by atoms with van der Waals surface area (Å²) in [5.74, 6) is -0.396. The maximum Gasteiger partial charge on any atom is 0.251 e. The number of thiocarbonyl (C=S) groups is 1. The number of nitrogens with one attached hydrogen (secondary N) is 3. The van der Waals surface area contributed by atoms with Gasteiger partial charge in [-0.3, -0.25) is 9.59 Å². The molecular weight excluding hydrogens is 451 g/mol. The maximum absolute atomic E-state index is 13.1. The number of nitrogens with zero attached hydrogens (tertiary/aromatic N) is 1. The molecule has 1 heterocycles. The molecule has 3 rings (SSSR count). The van der Waals surface area contributed by atoms with E-state index in [1.165, 1.54) is 12.1 Å². The molecule has 0 spiro atoms. The van der Waals surface area contributed by atoms with Crippen LogP contribution in [0.2, 0.25) is 0 Å². The third-order valence-corrected chi connectivity index (χ3v) is 6.32. The highest BCUT2D eigenvalue weighted by Crippen LogP contribution is 2.23. The van der Waals surface area contributed by atoms with Gasteiger partial charge in [0.15, 0.2) is 5.11 Å². The summed E-state index contributed by atoms with van der Waals surface area (Å²) < 4.78 is 13.1. The Morgan fingerprint density at radius 1 is 1.06 bits per heavy atom. The van der Waals surface area contributed by atoms with Gasteiger partial charge in [-0.1, -0.05) is 31.5 Å². The van der Waals surface area contributed by atoms with Crippen molar-refractivity contribution in [2.24, 2.45) is 11.8 Å². The van der Waals surface area contributed by atoms with E-state index in [9.17, 15) is 14.0 Å². The van der Waals surface area contributed by atoms with Crippen LogP contribution in [0.1, 0.15) is 42.6 Å². The largest absolute Gasteiger partial charge is 0.354 e. The Bertz CT molecular complexity index is 987. The molecule has 2 amide bonds. The smallest absolute Gasteiger partial charge is 0.251 e. The van der Waals surface area contributed by atoms with E-state index in [1.54, 1.807) is 24.3 Å². The summed E-state index contributed by atoms with van der Waals surface area (Å²) in [6, 6.07) is 12.8. The molecule has 2 aromatic carbocycles. The van der Waals surface area contributed by atoms with Crippen molar-refractivity contribution in [1.29, 1.82) is 0 Å². The van der Waals surface area contributed by atoms with Crippen molar-refractivity contribution in [3.8, 4) is 0 Å². The fraction of sp³-hybridized carbons (Fsp3) is 0.423. The summed E-state index contributed by atoms with van der Waals surface area (Å²) in [6.45, 7) is 7.91. The lowest BCUT2D eigenvalue weighted by Gasteiger charge is -2.37. The minimum atomic E-state index is -0.617. The van der Waals surface area contributed by atoms with Crippen LogP contribution < -0.4 is 16.0 Å². The molecule has 8 heteroatoms. The van der Waals surface area contributed by atoms with Crippen molar-refractivity contribution in [3.63, 3.8) is 0 Å². The lowest BCUT2D eigenvalue weighted by Crippen LogP contribution is -2.54. The summed E-state index contributed by atoms with van der Waals surface area (Å²) in [4.78, 5) is 28.0. The van der Waals surface area contributed by atoms with E-state index in [0.717, 1.165) is 11.3 Å². The number of carbonyl (C=O) groups is 2. The number of halogens is 1. The second kappa shape index (κ2) is 11.9. The Hall–Kier alpha value is -3.00. The molecule has 6 nitrogen and oxygen atoms in total. The predicted molar refractivity (Wildman–Crippen MR) is 137 cm³/mol. The van der Waals surface area contributed by atoms with Crippen LogP contribution in [-0.2, 0) is 4.79 Å². The Labute approximate surface area is 206 Å². The Kier molecular flexibility index (Phi) is 8.98. The minimum absolute atomic E-state index is 0.00793. The topological polar surface area (TPSA) is 73.5 Å². The molecule has 34 heavy (non-hydrogen) atoms. The summed E-state index contributed by atoms with van der Waals surface area (Å²) in [5.41, 5.74) is 2.33. The van der Waals surface area contributed by atoms with Crippen LogP contribution in [0.3, 0.4) is 0 Å². The van der Waals surface area contributed by atoms with Gasteiger partial charge in [-0.15, -0.1) is 0 Å². The zero-order valence-corrected chi connectivity index (χ0v) is 20.8. The molecule has 0 bridgehead atoms. The zero-order chi connectivity index (χ0) is 24.7. The first kappa shape index (κ1) is 25.6. The monoisotopic (exact) mass is 484 g/mol. The Balaban J connectivity index is 1.63. The van der Waals surface area contributed by atoms with Gasteiger partial charge in [-0.05, 0) is 80.2 Å². The van der Waals surface area contributed by atoms with Gasteiger partial charge in [0.05, 0.1) is 0 Å². The molecule has 0 aromatic heterocycles. The second-order valence-corrected chi connectivity index (χ2v) is 9.60. The molecule has 0 radical (unpaired) electrons. The number of piperidine rings is 1. The first-order valence-corrected chi connectivity index (χ1v) is 12.1. The van der Waals surface area contributed by atoms with Crippen LogP contribution in [0.25, 0.3) is 0 Å². The van der Waals surface area contributed by atoms with Gasteiger partial charge in [0.1, 0.15) is 11.9 Å². The number of likely N-dealkylation sites (tertiary alicyclic amines) is 1. The molecule has 1 fully saturated rings.